The zero-order valence-electron chi connectivity index (χ0n) is 12.8. The number of benzene rings is 2. The number of carbonyl (C=O) groups excluding carboxylic acids is 1. The van der Waals surface area contributed by atoms with Crippen LogP contribution in [-0.2, 0) is 4.79 Å². The number of carbonyl (C=O) groups is 1. The highest BCUT2D eigenvalue weighted by molar-refractivity contribution is 5.88. The van der Waals surface area contributed by atoms with Gasteiger partial charge in [-0.05, 0) is 23.6 Å². The van der Waals surface area contributed by atoms with E-state index in [1.54, 1.807) is 0 Å². The lowest BCUT2D eigenvalue weighted by atomic mass is 9.84. The quantitative estimate of drug-likeness (QED) is 0.725. The van der Waals surface area contributed by atoms with Crippen LogP contribution in [0.5, 0.6) is 0 Å². The van der Waals surface area contributed by atoms with E-state index in [0.717, 1.165) is 13.0 Å². The summed E-state index contributed by atoms with van der Waals surface area (Å²) in [6.45, 7) is 0.794. The Labute approximate surface area is 134 Å². The van der Waals surface area contributed by atoms with Crippen LogP contribution in [-0.4, -0.2) is 22.3 Å². The fourth-order valence-corrected chi connectivity index (χ4v) is 4.33. The number of para-hydroxylation sites is 1. The molecule has 1 saturated heterocycles. The van der Waals surface area contributed by atoms with E-state index < -0.39 is 0 Å². The molecule has 3 nitrogen and oxygen atoms in total. The summed E-state index contributed by atoms with van der Waals surface area (Å²) in [5.41, 5.74) is 5.11. The maximum absolute atomic E-state index is 12.3. The molecule has 3 heterocycles. The average molecular weight is 302 g/mol. The van der Waals surface area contributed by atoms with Gasteiger partial charge >= 0.3 is 0 Å². The standard InChI is InChI=1S/C20H18N2O/c23-18-11-10-17-20-19(14-8-4-5-9-16(14)21-20)15(12-22(17)18)13-6-2-1-3-7-13/h1-9,15,17,21H,10-12H2/t15-,17+/m1/s1. The number of nitrogens with zero attached hydrogens (tertiary/aromatic N) is 1. The highest BCUT2D eigenvalue weighted by Gasteiger charge is 2.42. The van der Waals surface area contributed by atoms with Crippen LogP contribution in [0.4, 0.5) is 0 Å². The first kappa shape index (κ1) is 12.9. The smallest absolute Gasteiger partial charge is 0.223 e. The Morgan fingerprint density at radius 1 is 1.00 bits per heavy atom. The maximum Gasteiger partial charge on any atom is 0.223 e. The Kier molecular flexibility index (Phi) is 2.66. The number of fused-ring (bicyclic) bond motifs is 5. The number of rotatable bonds is 1. The third-order valence-corrected chi connectivity index (χ3v) is 5.37. The van der Waals surface area contributed by atoms with Gasteiger partial charge in [0.15, 0.2) is 0 Å². The molecule has 0 aliphatic carbocycles. The number of H-pyrrole nitrogens is 1. The van der Waals surface area contributed by atoms with Crippen LogP contribution in [0, 0.1) is 0 Å². The minimum absolute atomic E-state index is 0.227. The predicted molar refractivity (Wildman–Crippen MR) is 90.3 cm³/mol. The molecule has 23 heavy (non-hydrogen) atoms. The summed E-state index contributed by atoms with van der Waals surface area (Å²) >= 11 is 0. The van der Waals surface area contributed by atoms with Gasteiger partial charge in [-0.25, -0.2) is 0 Å². The summed E-state index contributed by atoms with van der Waals surface area (Å²) < 4.78 is 0. The molecule has 114 valence electrons. The number of hydrogen-bond acceptors (Lipinski definition) is 1. The molecule has 0 unspecified atom stereocenters. The predicted octanol–water partition coefficient (Wildman–Crippen LogP) is 3.98. The van der Waals surface area contributed by atoms with Crippen molar-refractivity contribution in [1.29, 1.82) is 0 Å². The lowest BCUT2D eigenvalue weighted by Gasteiger charge is -2.35. The van der Waals surface area contributed by atoms with Crippen molar-refractivity contribution in [3.63, 3.8) is 0 Å². The van der Waals surface area contributed by atoms with E-state index >= 15 is 0 Å². The molecule has 0 saturated carbocycles. The highest BCUT2D eigenvalue weighted by atomic mass is 16.2. The van der Waals surface area contributed by atoms with Gasteiger partial charge in [0.25, 0.3) is 0 Å². The van der Waals surface area contributed by atoms with Gasteiger partial charge in [-0.3, -0.25) is 4.79 Å². The number of hydrogen-bond donors (Lipinski definition) is 1. The molecular weight excluding hydrogens is 284 g/mol. The number of aromatic amines is 1. The molecule has 3 heteroatoms. The first-order valence-corrected chi connectivity index (χ1v) is 8.28. The van der Waals surface area contributed by atoms with E-state index in [1.807, 2.05) is 6.07 Å². The van der Waals surface area contributed by atoms with Crippen molar-refractivity contribution >= 4 is 16.8 Å². The molecule has 2 aliphatic heterocycles. The molecular formula is C20H18N2O. The first-order chi connectivity index (χ1) is 11.3. The largest absolute Gasteiger partial charge is 0.356 e. The van der Waals surface area contributed by atoms with Crippen LogP contribution >= 0.6 is 0 Å². The molecule has 3 aromatic rings. The third kappa shape index (κ3) is 1.79. The van der Waals surface area contributed by atoms with Crippen molar-refractivity contribution in [3.05, 3.63) is 71.4 Å². The Morgan fingerprint density at radius 3 is 2.65 bits per heavy atom. The van der Waals surface area contributed by atoms with Gasteiger partial charge in [-0.1, -0.05) is 48.5 Å². The van der Waals surface area contributed by atoms with Crippen LogP contribution in [0.25, 0.3) is 10.9 Å². The molecule has 1 aromatic heterocycles. The van der Waals surface area contributed by atoms with Gasteiger partial charge in [-0.15, -0.1) is 0 Å². The van der Waals surface area contributed by atoms with Crippen molar-refractivity contribution in [3.8, 4) is 0 Å². The van der Waals surface area contributed by atoms with Crippen molar-refractivity contribution in [1.82, 2.24) is 9.88 Å². The number of amides is 1. The van der Waals surface area contributed by atoms with Gasteiger partial charge < -0.3 is 9.88 Å². The van der Waals surface area contributed by atoms with E-state index in [9.17, 15) is 4.79 Å². The van der Waals surface area contributed by atoms with Gasteiger partial charge in [0.2, 0.25) is 5.91 Å². The summed E-state index contributed by atoms with van der Waals surface area (Å²) in [4.78, 5) is 18.0. The van der Waals surface area contributed by atoms with Crippen molar-refractivity contribution < 1.29 is 4.79 Å². The Morgan fingerprint density at radius 2 is 1.78 bits per heavy atom. The zero-order chi connectivity index (χ0) is 15.4. The van der Waals surface area contributed by atoms with E-state index in [1.165, 1.54) is 27.7 Å². The Hall–Kier alpha value is -2.55. The Balaban J connectivity index is 1.78. The number of aromatic nitrogens is 1. The van der Waals surface area contributed by atoms with E-state index in [4.69, 9.17) is 0 Å². The van der Waals surface area contributed by atoms with Crippen LogP contribution in [0.15, 0.2) is 54.6 Å². The minimum atomic E-state index is 0.227. The summed E-state index contributed by atoms with van der Waals surface area (Å²) in [7, 11) is 0. The molecule has 2 aromatic carbocycles. The number of nitrogens with one attached hydrogen (secondary N) is 1. The molecule has 1 amide bonds. The highest BCUT2D eigenvalue weighted by Crippen LogP contribution is 2.47. The van der Waals surface area contributed by atoms with Gasteiger partial charge in [-0.2, -0.15) is 0 Å². The van der Waals surface area contributed by atoms with Gasteiger partial charge in [0.1, 0.15) is 0 Å². The maximum atomic E-state index is 12.3. The lowest BCUT2D eigenvalue weighted by molar-refractivity contribution is -0.129. The van der Waals surface area contributed by atoms with Gasteiger partial charge in [0.05, 0.1) is 6.04 Å². The lowest BCUT2D eigenvalue weighted by Crippen LogP contribution is -2.37. The molecule has 5 rings (SSSR count). The SMILES string of the molecule is O=C1CC[C@H]2c3[nH]c4ccccc4c3[C@@H](c3ccccc3)CN12. The van der Waals surface area contributed by atoms with Crippen LogP contribution in [0.2, 0.25) is 0 Å². The summed E-state index contributed by atoms with van der Waals surface area (Å²) in [6.07, 6.45) is 1.60. The van der Waals surface area contributed by atoms with Crippen molar-refractivity contribution in [2.24, 2.45) is 0 Å². The van der Waals surface area contributed by atoms with E-state index in [2.05, 4.69) is 58.4 Å². The average Bonchev–Trinajstić information content (AvgIpc) is 3.16. The minimum Gasteiger partial charge on any atom is -0.356 e. The van der Waals surface area contributed by atoms with Crippen LogP contribution in [0.3, 0.4) is 0 Å². The topological polar surface area (TPSA) is 36.1 Å². The van der Waals surface area contributed by atoms with E-state index in [-0.39, 0.29) is 12.0 Å². The second-order valence-corrected chi connectivity index (χ2v) is 6.56. The van der Waals surface area contributed by atoms with Crippen LogP contribution in [0.1, 0.15) is 41.6 Å². The van der Waals surface area contributed by atoms with Gasteiger partial charge in [0, 0.05) is 35.5 Å². The second kappa shape index (κ2) is 4.72. The summed E-state index contributed by atoms with van der Waals surface area (Å²) in [5.74, 6) is 0.542. The first-order valence-electron chi connectivity index (χ1n) is 8.28. The molecule has 0 spiro atoms. The van der Waals surface area contributed by atoms with Crippen molar-refractivity contribution in [2.45, 2.75) is 24.8 Å². The van der Waals surface area contributed by atoms with E-state index in [0.29, 0.717) is 12.3 Å². The van der Waals surface area contributed by atoms with Crippen LogP contribution < -0.4 is 0 Å². The summed E-state index contributed by atoms with van der Waals surface area (Å²) in [5, 5.41) is 1.30. The molecule has 2 aliphatic rings. The molecule has 1 fully saturated rings. The normalized spacial score (nSPS) is 23.1. The Bertz CT molecular complexity index is 896. The fourth-order valence-electron chi connectivity index (χ4n) is 4.33. The molecule has 0 radical (unpaired) electrons. The van der Waals surface area contributed by atoms with Crippen molar-refractivity contribution in [2.75, 3.05) is 6.54 Å². The molecule has 2 atom stereocenters. The zero-order valence-corrected chi connectivity index (χ0v) is 12.8. The molecule has 1 N–H and O–H groups in total. The third-order valence-electron chi connectivity index (χ3n) is 5.37. The fraction of sp³-hybridized carbons (Fsp3) is 0.250. The summed E-state index contributed by atoms with van der Waals surface area (Å²) in [6, 6.07) is 19.3. The molecule has 0 bridgehead atoms. The second-order valence-electron chi connectivity index (χ2n) is 6.56. The monoisotopic (exact) mass is 302 g/mol.